The van der Waals surface area contributed by atoms with E-state index in [1.54, 1.807) is 0 Å². The quantitative estimate of drug-likeness (QED) is 0.0265. The molecule has 2 unspecified atom stereocenters. The molecule has 352 valence electrons. The van der Waals surface area contributed by atoms with E-state index in [2.05, 4.69) is 38.2 Å². The molecule has 1 aliphatic rings. The predicted octanol–water partition coefficient (Wildman–Crippen LogP) is 11.3. The van der Waals surface area contributed by atoms with Gasteiger partial charge in [-0.2, -0.15) is 0 Å². The number of hydrogen-bond donors (Lipinski definition) is 4. The Balaban J connectivity index is 2.27. The van der Waals surface area contributed by atoms with Gasteiger partial charge in [-0.05, 0) is 44.9 Å². The molecule has 1 rings (SSSR count). The van der Waals surface area contributed by atoms with E-state index in [4.69, 9.17) is 18.9 Å². The molecule has 0 bridgehead atoms. The van der Waals surface area contributed by atoms with Crippen LogP contribution in [0.25, 0.3) is 0 Å². The SMILES string of the molecule is CCCCC/C=C/C/C=C/CCCCCCCCCC(=O)O[C@@H](COC(=O)CCCCCCCCCCCCCCCCCCCC)CO[C@H]1O[C@@H](CO)[C@@H](O)C(O)C1O. The average molecular weight is 853 g/mol. The molecule has 1 heterocycles. The highest BCUT2D eigenvalue weighted by atomic mass is 16.7. The van der Waals surface area contributed by atoms with Gasteiger partial charge in [0.05, 0.1) is 13.2 Å². The van der Waals surface area contributed by atoms with Crippen LogP contribution in [0.5, 0.6) is 0 Å². The van der Waals surface area contributed by atoms with Crippen molar-refractivity contribution in [3.63, 3.8) is 0 Å². The van der Waals surface area contributed by atoms with E-state index in [1.807, 2.05) is 0 Å². The lowest BCUT2D eigenvalue weighted by Gasteiger charge is -2.39. The maximum Gasteiger partial charge on any atom is 0.306 e. The third kappa shape index (κ3) is 31.9. The van der Waals surface area contributed by atoms with Gasteiger partial charge >= 0.3 is 11.9 Å². The van der Waals surface area contributed by atoms with Crippen LogP contribution in [-0.4, -0.2) is 89.0 Å². The summed E-state index contributed by atoms with van der Waals surface area (Å²) in [6.45, 7) is 3.42. The molecular formula is C50H92O10. The summed E-state index contributed by atoms with van der Waals surface area (Å²) in [6, 6.07) is 0. The Labute approximate surface area is 366 Å². The number of aliphatic hydroxyl groups is 4. The van der Waals surface area contributed by atoms with Gasteiger partial charge in [-0.25, -0.2) is 0 Å². The van der Waals surface area contributed by atoms with Crippen LogP contribution < -0.4 is 0 Å². The van der Waals surface area contributed by atoms with Crippen molar-refractivity contribution < 1.29 is 49.0 Å². The molecule has 10 heteroatoms. The molecule has 0 aromatic carbocycles. The summed E-state index contributed by atoms with van der Waals surface area (Å²) in [5, 5.41) is 40.2. The molecule has 0 spiro atoms. The number of hydrogen-bond acceptors (Lipinski definition) is 10. The van der Waals surface area contributed by atoms with Crippen LogP contribution in [0.1, 0.15) is 226 Å². The molecule has 0 radical (unpaired) electrons. The summed E-state index contributed by atoms with van der Waals surface area (Å²) in [4.78, 5) is 25.4. The third-order valence-electron chi connectivity index (χ3n) is 11.6. The van der Waals surface area contributed by atoms with E-state index in [9.17, 15) is 30.0 Å². The summed E-state index contributed by atoms with van der Waals surface area (Å²) in [5.74, 6) is -0.804. The number of ether oxygens (including phenoxy) is 4. The van der Waals surface area contributed by atoms with Gasteiger partial charge in [0, 0.05) is 12.8 Å². The molecule has 0 aliphatic carbocycles. The molecule has 0 aromatic heterocycles. The smallest absolute Gasteiger partial charge is 0.306 e. The highest BCUT2D eigenvalue weighted by Gasteiger charge is 2.44. The topological polar surface area (TPSA) is 152 Å². The number of aliphatic hydroxyl groups excluding tert-OH is 4. The monoisotopic (exact) mass is 853 g/mol. The third-order valence-corrected chi connectivity index (χ3v) is 11.6. The van der Waals surface area contributed by atoms with Crippen LogP contribution in [0.2, 0.25) is 0 Å². The summed E-state index contributed by atoms with van der Waals surface area (Å²) < 4.78 is 22.2. The molecule has 4 N–H and O–H groups in total. The van der Waals surface area contributed by atoms with Gasteiger partial charge in [-0.15, -0.1) is 0 Å². The fourth-order valence-corrected chi connectivity index (χ4v) is 7.63. The number of carbonyl (C=O) groups excluding carboxylic acids is 2. The number of carbonyl (C=O) groups is 2. The minimum absolute atomic E-state index is 0.216. The number of unbranched alkanes of at least 4 members (excludes halogenated alkanes) is 27. The van der Waals surface area contributed by atoms with Crippen LogP contribution in [0.4, 0.5) is 0 Å². The van der Waals surface area contributed by atoms with Gasteiger partial charge < -0.3 is 39.4 Å². The minimum Gasteiger partial charge on any atom is -0.462 e. The molecule has 0 amide bonds. The molecule has 10 nitrogen and oxygen atoms in total. The van der Waals surface area contributed by atoms with Crippen molar-refractivity contribution in [3.05, 3.63) is 24.3 Å². The van der Waals surface area contributed by atoms with E-state index >= 15 is 0 Å². The Morgan fingerprint density at radius 3 is 1.42 bits per heavy atom. The fraction of sp³-hybridized carbons (Fsp3) is 0.880. The fourth-order valence-electron chi connectivity index (χ4n) is 7.63. The van der Waals surface area contributed by atoms with Crippen molar-refractivity contribution in [2.75, 3.05) is 19.8 Å². The molecule has 0 saturated carbocycles. The van der Waals surface area contributed by atoms with E-state index in [0.29, 0.717) is 6.42 Å². The number of esters is 2. The number of rotatable bonds is 42. The minimum atomic E-state index is -1.59. The molecule has 1 saturated heterocycles. The largest absolute Gasteiger partial charge is 0.462 e. The van der Waals surface area contributed by atoms with Gasteiger partial charge in [0.2, 0.25) is 0 Å². The molecule has 6 atom stereocenters. The van der Waals surface area contributed by atoms with Gasteiger partial charge in [-0.1, -0.05) is 192 Å². The average Bonchev–Trinajstić information content (AvgIpc) is 3.25. The first-order valence-electron chi connectivity index (χ1n) is 24.9. The van der Waals surface area contributed by atoms with Gasteiger partial charge in [0.15, 0.2) is 12.4 Å². The van der Waals surface area contributed by atoms with Crippen molar-refractivity contribution in [1.29, 1.82) is 0 Å². The normalized spacial score (nSPS) is 20.0. The van der Waals surface area contributed by atoms with Crippen molar-refractivity contribution in [2.45, 2.75) is 263 Å². The molecule has 1 aliphatic heterocycles. The summed E-state index contributed by atoms with van der Waals surface area (Å²) in [5.41, 5.74) is 0. The summed E-state index contributed by atoms with van der Waals surface area (Å²) >= 11 is 0. The molecular weight excluding hydrogens is 761 g/mol. The summed E-state index contributed by atoms with van der Waals surface area (Å²) in [7, 11) is 0. The lowest BCUT2D eigenvalue weighted by atomic mass is 9.99. The maximum absolute atomic E-state index is 12.8. The van der Waals surface area contributed by atoms with Crippen LogP contribution in [0.3, 0.4) is 0 Å². The second-order valence-electron chi connectivity index (χ2n) is 17.3. The van der Waals surface area contributed by atoms with Gasteiger partial charge in [-0.3, -0.25) is 9.59 Å². The maximum atomic E-state index is 12.8. The Kier molecular flexibility index (Phi) is 38.6. The number of allylic oxidation sites excluding steroid dienone is 4. The van der Waals surface area contributed by atoms with Crippen LogP contribution in [0, 0.1) is 0 Å². The van der Waals surface area contributed by atoms with Crippen LogP contribution >= 0.6 is 0 Å². The zero-order valence-electron chi connectivity index (χ0n) is 38.5. The van der Waals surface area contributed by atoms with Crippen molar-refractivity contribution in [3.8, 4) is 0 Å². The molecule has 0 aromatic rings. The van der Waals surface area contributed by atoms with E-state index in [-0.39, 0.29) is 32.0 Å². The zero-order valence-corrected chi connectivity index (χ0v) is 38.5. The highest BCUT2D eigenvalue weighted by Crippen LogP contribution is 2.23. The Bertz CT molecular complexity index is 1030. The first-order valence-corrected chi connectivity index (χ1v) is 24.9. The molecule has 60 heavy (non-hydrogen) atoms. The van der Waals surface area contributed by atoms with Crippen molar-refractivity contribution in [1.82, 2.24) is 0 Å². The van der Waals surface area contributed by atoms with Gasteiger partial charge in [0.25, 0.3) is 0 Å². The summed E-state index contributed by atoms with van der Waals surface area (Å²) in [6.07, 6.45) is 38.9. The van der Waals surface area contributed by atoms with Crippen LogP contribution in [-0.2, 0) is 28.5 Å². The van der Waals surface area contributed by atoms with E-state index in [0.717, 1.165) is 51.4 Å². The Hall–Kier alpha value is -1.82. The van der Waals surface area contributed by atoms with E-state index in [1.165, 1.54) is 141 Å². The zero-order chi connectivity index (χ0) is 43.7. The second kappa shape index (κ2) is 41.2. The lowest BCUT2D eigenvalue weighted by molar-refractivity contribution is -0.305. The standard InChI is InChI=1S/C50H92O10/c1-3-5-7-9-11-13-15-17-19-21-23-24-26-28-30-32-34-36-38-45(52)57-41-43(42-58-50-49(56)48(55)47(54)44(40-51)60-50)59-46(53)39-37-35-33-31-29-27-25-22-20-18-16-14-12-10-8-6-4-2/h12,14,18,20,43-44,47-51,54-56H,3-11,13,15-17,19,21-42H2,1-2H3/b14-12+,20-18+/t43-,44-,47+,48?,49?,50-/m0/s1. The second-order valence-corrected chi connectivity index (χ2v) is 17.3. The predicted molar refractivity (Wildman–Crippen MR) is 243 cm³/mol. The van der Waals surface area contributed by atoms with E-state index < -0.39 is 49.4 Å². The Morgan fingerprint density at radius 2 is 0.933 bits per heavy atom. The van der Waals surface area contributed by atoms with Crippen molar-refractivity contribution in [2.24, 2.45) is 0 Å². The molecule has 1 fully saturated rings. The van der Waals surface area contributed by atoms with Crippen molar-refractivity contribution >= 4 is 11.9 Å². The first kappa shape index (κ1) is 56.2. The lowest BCUT2D eigenvalue weighted by Crippen LogP contribution is -2.59. The van der Waals surface area contributed by atoms with Gasteiger partial charge in [0.1, 0.15) is 31.0 Å². The first-order chi connectivity index (χ1) is 29.3. The Morgan fingerprint density at radius 1 is 0.517 bits per heavy atom. The van der Waals surface area contributed by atoms with Crippen LogP contribution in [0.15, 0.2) is 24.3 Å². The highest BCUT2D eigenvalue weighted by molar-refractivity contribution is 5.70.